The van der Waals surface area contributed by atoms with Gasteiger partial charge in [-0.3, -0.25) is 0 Å². The van der Waals surface area contributed by atoms with Crippen molar-refractivity contribution in [2.45, 2.75) is 19.9 Å². The molecule has 4 heteroatoms. The molecular weight excluding hydrogens is 232 g/mol. The molecule has 0 amide bonds. The number of nitrogens with zero attached hydrogens (tertiary/aromatic N) is 1. The van der Waals surface area contributed by atoms with Crippen molar-refractivity contribution < 1.29 is 4.74 Å². The van der Waals surface area contributed by atoms with Crippen LogP contribution in [0.5, 0.6) is 5.75 Å². The first-order valence-corrected chi connectivity index (χ1v) is 6.53. The maximum absolute atomic E-state index is 5.82. The van der Waals surface area contributed by atoms with Crippen LogP contribution in [0.4, 0.5) is 0 Å². The van der Waals surface area contributed by atoms with Crippen LogP contribution >= 0.6 is 11.3 Å². The monoisotopic (exact) mass is 248 g/mol. The van der Waals surface area contributed by atoms with Crippen molar-refractivity contribution in [3.05, 3.63) is 34.7 Å². The van der Waals surface area contributed by atoms with E-state index in [1.54, 1.807) is 11.3 Å². The fourth-order valence-corrected chi connectivity index (χ4v) is 2.36. The maximum atomic E-state index is 5.82. The lowest BCUT2D eigenvalue weighted by Crippen LogP contribution is -2.04. The topological polar surface area (TPSA) is 48.1 Å². The average molecular weight is 248 g/mol. The second-order valence-corrected chi connectivity index (χ2v) is 4.68. The van der Waals surface area contributed by atoms with Crippen LogP contribution in [0.2, 0.25) is 0 Å². The van der Waals surface area contributed by atoms with Gasteiger partial charge in [0.1, 0.15) is 10.8 Å². The smallest absolute Gasteiger partial charge is 0.128 e. The Morgan fingerprint density at radius 1 is 1.41 bits per heavy atom. The Labute approximate surface area is 105 Å². The molecule has 1 heterocycles. The molecule has 0 aliphatic rings. The lowest BCUT2D eigenvalue weighted by molar-refractivity contribution is 0.341. The summed E-state index contributed by atoms with van der Waals surface area (Å²) in [4.78, 5) is 4.54. The first kappa shape index (κ1) is 12.1. The van der Waals surface area contributed by atoms with Crippen LogP contribution in [0.25, 0.3) is 11.3 Å². The molecule has 1 atom stereocenters. The van der Waals surface area contributed by atoms with Gasteiger partial charge in [0.05, 0.1) is 18.3 Å². The summed E-state index contributed by atoms with van der Waals surface area (Å²) in [6.45, 7) is 4.57. The molecular formula is C13H16N2OS. The van der Waals surface area contributed by atoms with Crippen molar-refractivity contribution in [1.82, 2.24) is 4.98 Å². The van der Waals surface area contributed by atoms with E-state index in [1.165, 1.54) is 0 Å². The molecule has 0 spiro atoms. The summed E-state index contributed by atoms with van der Waals surface area (Å²) in [6, 6.07) is 7.91. The highest BCUT2D eigenvalue weighted by atomic mass is 32.1. The van der Waals surface area contributed by atoms with Crippen LogP contribution in [0.1, 0.15) is 24.9 Å². The molecule has 0 saturated carbocycles. The van der Waals surface area contributed by atoms with E-state index in [9.17, 15) is 0 Å². The minimum Gasteiger partial charge on any atom is -0.493 e. The predicted octanol–water partition coefficient (Wildman–Crippen LogP) is 3.23. The zero-order chi connectivity index (χ0) is 12.3. The number of ether oxygens (including phenoxy) is 1. The van der Waals surface area contributed by atoms with Crippen molar-refractivity contribution >= 4 is 11.3 Å². The number of rotatable bonds is 4. The van der Waals surface area contributed by atoms with Gasteiger partial charge in [0.2, 0.25) is 0 Å². The largest absolute Gasteiger partial charge is 0.493 e. The first-order chi connectivity index (χ1) is 8.22. The first-order valence-electron chi connectivity index (χ1n) is 5.65. The van der Waals surface area contributed by atoms with Gasteiger partial charge < -0.3 is 10.5 Å². The van der Waals surface area contributed by atoms with Crippen LogP contribution in [0.3, 0.4) is 0 Å². The second kappa shape index (κ2) is 5.29. The van der Waals surface area contributed by atoms with E-state index in [0.29, 0.717) is 6.61 Å². The van der Waals surface area contributed by atoms with Gasteiger partial charge in [-0.2, -0.15) is 0 Å². The predicted molar refractivity (Wildman–Crippen MR) is 71.3 cm³/mol. The van der Waals surface area contributed by atoms with Crippen LogP contribution < -0.4 is 10.5 Å². The highest BCUT2D eigenvalue weighted by Gasteiger charge is 2.11. The Hall–Kier alpha value is -1.39. The van der Waals surface area contributed by atoms with Gasteiger partial charge >= 0.3 is 0 Å². The molecule has 0 aliphatic heterocycles. The number of benzene rings is 1. The molecule has 0 saturated heterocycles. The number of hydrogen-bond acceptors (Lipinski definition) is 4. The molecule has 1 unspecified atom stereocenters. The molecule has 90 valence electrons. The van der Waals surface area contributed by atoms with E-state index in [4.69, 9.17) is 10.5 Å². The average Bonchev–Trinajstić information content (AvgIpc) is 2.79. The Morgan fingerprint density at radius 2 is 2.18 bits per heavy atom. The third kappa shape index (κ3) is 2.65. The molecule has 2 N–H and O–H groups in total. The molecule has 1 aromatic carbocycles. The number of para-hydroxylation sites is 1. The highest BCUT2D eigenvalue weighted by molar-refractivity contribution is 7.10. The molecule has 0 bridgehead atoms. The van der Waals surface area contributed by atoms with Crippen molar-refractivity contribution in [1.29, 1.82) is 0 Å². The standard InChI is InChI=1S/C13H16N2OS/c1-3-16-12-7-5-4-6-10(12)11-8-17-13(15-11)9(2)14/h4-9H,3,14H2,1-2H3. The van der Waals surface area contributed by atoms with E-state index in [-0.39, 0.29) is 6.04 Å². The van der Waals surface area contributed by atoms with Gasteiger partial charge in [0, 0.05) is 10.9 Å². The summed E-state index contributed by atoms with van der Waals surface area (Å²) in [5.74, 6) is 0.872. The van der Waals surface area contributed by atoms with Crippen molar-refractivity contribution in [2.75, 3.05) is 6.61 Å². The van der Waals surface area contributed by atoms with Gasteiger partial charge in [-0.1, -0.05) is 12.1 Å². The van der Waals surface area contributed by atoms with Crippen molar-refractivity contribution in [3.8, 4) is 17.0 Å². The zero-order valence-electron chi connectivity index (χ0n) is 10.0. The van der Waals surface area contributed by atoms with E-state index in [2.05, 4.69) is 4.98 Å². The molecule has 2 aromatic rings. The number of nitrogens with two attached hydrogens (primary N) is 1. The van der Waals surface area contributed by atoms with Crippen molar-refractivity contribution in [2.24, 2.45) is 5.73 Å². The van der Waals surface area contributed by atoms with Gasteiger partial charge in [-0.05, 0) is 26.0 Å². The fourth-order valence-electron chi connectivity index (χ4n) is 1.58. The van der Waals surface area contributed by atoms with E-state index in [0.717, 1.165) is 22.0 Å². The molecule has 0 radical (unpaired) electrons. The SMILES string of the molecule is CCOc1ccccc1-c1csc(C(C)N)n1. The third-order valence-electron chi connectivity index (χ3n) is 2.37. The minimum absolute atomic E-state index is 0.0204. The van der Waals surface area contributed by atoms with Crippen LogP contribution in [0, 0.1) is 0 Å². The minimum atomic E-state index is -0.0204. The lowest BCUT2D eigenvalue weighted by Gasteiger charge is -2.07. The Balaban J connectivity index is 2.38. The molecule has 2 rings (SSSR count). The molecule has 0 aliphatic carbocycles. The molecule has 3 nitrogen and oxygen atoms in total. The summed E-state index contributed by atoms with van der Waals surface area (Å²) in [5.41, 5.74) is 7.78. The molecule has 1 aromatic heterocycles. The van der Waals surface area contributed by atoms with Gasteiger partial charge in [0.15, 0.2) is 0 Å². The van der Waals surface area contributed by atoms with Gasteiger partial charge in [-0.25, -0.2) is 4.98 Å². The highest BCUT2D eigenvalue weighted by Crippen LogP contribution is 2.31. The Bertz CT molecular complexity index is 494. The Kier molecular flexibility index (Phi) is 3.76. The van der Waals surface area contributed by atoms with E-state index in [1.807, 2.05) is 43.5 Å². The molecule has 0 fully saturated rings. The quantitative estimate of drug-likeness (QED) is 0.903. The van der Waals surface area contributed by atoms with Gasteiger partial charge in [0.25, 0.3) is 0 Å². The summed E-state index contributed by atoms with van der Waals surface area (Å²) in [5, 5.41) is 2.97. The summed E-state index contributed by atoms with van der Waals surface area (Å²) < 4.78 is 5.59. The second-order valence-electron chi connectivity index (χ2n) is 3.79. The van der Waals surface area contributed by atoms with E-state index >= 15 is 0 Å². The van der Waals surface area contributed by atoms with E-state index < -0.39 is 0 Å². The van der Waals surface area contributed by atoms with Crippen LogP contribution in [0.15, 0.2) is 29.6 Å². The summed E-state index contributed by atoms with van der Waals surface area (Å²) in [6.07, 6.45) is 0. The van der Waals surface area contributed by atoms with Crippen LogP contribution in [-0.4, -0.2) is 11.6 Å². The third-order valence-corrected chi connectivity index (χ3v) is 3.42. The van der Waals surface area contributed by atoms with Crippen molar-refractivity contribution in [3.63, 3.8) is 0 Å². The fraction of sp³-hybridized carbons (Fsp3) is 0.308. The lowest BCUT2D eigenvalue weighted by atomic mass is 10.1. The summed E-state index contributed by atoms with van der Waals surface area (Å²) >= 11 is 1.59. The maximum Gasteiger partial charge on any atom is 0.128 e. The number of thiazole rings is 1. The van der Waals surface area contributed by atoms with Crippen LogP contribution in [-0.2, 0) is 0 Å². The zero-order valence-corrected chi connectivity index (χ0v) is 10.8. The number of aromatic nitrogens is 1. The Morgan fingerprint density at radius 3 is 2.82 bits per heavy atom. The number of hydrogen-bond donors (Lipinski definition) is 1. The van der Waals surface area contributed by atoms with Gasteiger partial charge in [-0.15, -0.1) is 11.3 Å². The molecule has 17 heavy (non-hydrogen) atoms. The normalized spacial score (nSPS) is 12.4. The summed E-state index contributed by atoms with van der Waals surface area (Å²) in [7, 11) is 0.